The fourth-order valence-corrected chi connectivity index (χ4v) is 17.5. The molecular formula is C92H107BBrN12O8S3+. The molecule has 8 aromatic rings. The van der Waals surface area contributed by atoms with Crippen molar-refractivity contribution in [3.8, 4) is 0 Å². The molecule has 20 nitrogen and oxygen atoms in total. The lowest BCUT2D eigenvalue weighted by atomic mass is 9.78. The SMILES string of the molecule is CC1(C)OB(c2ccc3c(c2)CC(=O)N3)OC1(C)C.CCN(CC)CCNC(=O)c1c(C)[nH]c(/C=C2\C(=O)Nc3ccc(C4=CS/C(=C\c5ccccc5)N4C)cc32)c1C.CC[N+](C)(CC)CCNC(=O)c1c(C)[nH]c(C=O)c1C.CN1C(Br)=CS/C1=C\c1ccccc1.CN1C(c2ccc3c(c2)CC(=O)N3)=CS/C1=C\c1ccccc1. The van der Waals surface area contributed by atoms with Crippen LogP contribution in [-0.4, -0.2) is 169 Å². The Morgan fingerprint density at radius 1 is 0.564 bits per heavy atom. The number of hydrogen-bond donors (Lipinski definition) is 7. The number of fused-ring (bicyclic) bond motifs is 3. The van der Waals surface area contributed by atoms with Gasteiger partial charge in [0.1, 0.15) is 0 Å². The van der Waals surface area contributed by atoms with Gasteiger partial charge in [-0.15, -0.1) is 0 Å². The maximum Gasteiger partial charge on any atom is 0.494 e. The van der Waals surface area contributed by atoms with Crippen molar-refractivity contribution >= 4 is 158 Å². The monoisotopic (exact) mass is 1690 g/mol. The molecule has 2 aromatic heterocycles. The Labute approximate surface area is 710 Å². The lowest BCUT2D eigenvalue weighted by molar-refractivity contribution is -0.904. The lowest BCUT2D eigenvalue weighted by Crippen LogP contribution is -2.48. The van der Waals surface area contributed by atoms with Gasteiger partial charge in [-0.25, -0.2) is 0 Å². The van der Waals surface area contributed by atoms with Crippen LogP contribution in [0.3, 0.4) is 0 Å². The van der Waals surface area contributed by atoms with Crippen LogP contribution in [0, 0.1) is 27.7 Å². The number of nitrogens with one attached hydrogen (secondary N) is 7. The number of H-pyrrole nitrogens is 2. The Morgan fingerprint density at radius 3 is 1.48 bits per heavy atom. The summed E-state index contributed by atoms with van der Waals surface area (Å²) in [5.41, 5.74) is 20.0. The minimum atomic E-state index is -0.369. The standard InChI is InChI=1S/C33H37N5O2S.C19H16N2OS.C15H25N3O2.C14H18BNO3.C11H10BrNS/c1-6-38(7-2)16-15-34-33(40)31-21(3)28(35-22(31)4)19-26-25-18-24(13-14-27(25)36-32(26)39)29-20-41-30(37(29)5)17-23-11-9-8-10-12-23;1-21-17(12-23-19(21)9-13-5-3-2-4-6-13)14-7-8-16-15(10-14)11-18(22)20-16;1-6-18(5,7-2)9-8-16-15(20)14-11(3)13(10-19)17-12(14)4;1-13(2)14(3,4)19-15(18-13)10-5-6-11-9(7-10)8-12(17)16-11;1-13-10(12)8-14-11(13)7-9-5-3-2-4-6-9/h8-14,17-20,35H,6-7,15-16H2,1-5H3,(H,34,40)(H,36,39);2-10,12H,11H2,1H3,(H,20,22);10H,6-9H2,1-5H3,(H-,16,17,19,20);5-7H,8H2,1-4H3,(H,16,17);2-8H,1H3/p+1/b26-19-,30-17-;19-9-;;;11-7-. The average molecular weight is 1700 g/mol. The normalized spacial score (nSPS) is 17.4. The second-order valence-electron chi connectivity index (χ2n) is 30.7. The summed E-state index contributed by atoms with van der Waals surface area (Å²) >= 11 is 8.63. The molecule has 25 heteroatoms. The van der Waals surface area contributed by atoms with E-state index in [4.69, 9.17) is 9.31 Å². The second-order valence-corrected chi connectivity index (χ2v) is 34.2. The molecule has 0 bridgehead atoms. The van der Waals surface area contributed by atoms with E-state index in [1.54, 1.807) is 42.2 Å². The summed E-state index contributed by atoms with van der Waals surface area (Å²) in [6.45, 7) is 31.0. The largest absolute Gasteiger partial charge is 0.494 e. The highest BCUT2D eigenvalue weighted by atomic mass is 79.9. The van der Waals surface area contributed by atoms with E-state index in [1.165, 1.54) is 26.9 Å². The zero-order valence-corrected chi connectivity index (χ0v) is 73.8. The molecule has 0 aliphatic carbocycles. The third kappa shape index (κ3) is 21.3. The van der Waals surface area contributed by atoms with Crippen LogP contribution in [0.5, 0.6) is 0 Å². The van der Waals surface area contributed by atoms with Gasteiger partial charge in [0.2, 0.25) is 11.8 Å². The van der Waals surface area contributed by atoms with Crippen molar-refractivity contribution in [2.75, 3.05) is 96.5 Å². The molecule has 7 N–H and O–H groups in total. The van der Waals surface area contributed by atoms with E-state index in [1.807, 2.05) is 133 Å². The van der Waals surface area contributed by atoms with E-state index in [0.717, 1.165) is 149 Å². The number of aromatic nitrogens is 2. The summed E-state index contributed by atoms with van der Waals surface area (Å²) in [4.78, 5) is 87.1. The van der Waals surface area contributed by atoms with E-state index in [-0.39, 0.29) is 47.9 Å². The number of aryl methyl sites for hydroxylation is 2. The Balaban J connectivity index is 0.000000152. The highest BCUT2D eigenvalue weighted by molar-refractivity contribution is 9.11. The first-order chi connectivity index (χ1) is 55.9. The lowest BCUT2D eigenvalue weighted by Gasteiger charge is -2.32. The summed E-state index contributed by atoms with van der Waals surface area (Å²) in [6, 6.07) is 49.0. The number of anilines is 3. The van der Waals surface area contributed by atoms with Crippen molar-refractivity contribution in [1.82, 2.24) is 40.2 Å². The number of nitrogens with zero attached hydrogens (tertiary/aromatic N) is 5. The summed E-state index contributed by atoms with van der Waals surface area (Å²) in [5, 5.41) is 24.7. The van der Waals surface area contributed by atoms with Gasteiger partial charge in [0.25, 0.3) is 17.7 Å². The first kappa shape index (κ1) is 87.7. The minimum Gasteiger partial charge on any atom is -0.399 e. The van der Waals surface area contributed by atoms with Crippen molar-refractivity contribution in [3.05, 3.63) is 271 Å². The van der Waals surface area contributed by atoms with Gasteiger partial charge in [0.15, 0.2) is 6.29 Å². The third-order valence-electron chi connectivity index (χ3n) is 22.5. The fourth-order valence-electron chi connectivity index (χ4n) is 14.1. The van der Waals surface area contributed by atoms with Crippen molar-refractivity contribution in [2.45, 2.75) is 107 Å². The number of likely N-dealkylation sites (N-methyl/N-ethyl adjacent to an activating group) is 2. The number of hydrogen-bond acceptors (Lipinski definition) is 15. The van der Waals surface area contributed by atoms with Crippen molar-refractivity contribution in [1.29, 1.82) is 0 Å². The van der Waals surface area contributed by atoms with Crippen LogP contribution in [0.2, 0.25) is 0 Å². The Hall–Kier alpha value is -10.1. The summed E-state index contributed by atoms with van der Waals surface area (Å²) < 4.78 is 14.1. The number of rotatable bonds is 20. The molecule has 5 amide bonds. The van der Waals surface area contributed by atoms with Gasteiger partial charge < -0.3 is 69.9 Å². The number of aromatic amines is 2. The van der Waals surface area contributed by atoms with Gasteiger partial charge in [-0.3, -0.25) is 28.8 Å². The van der Waals surface area contributed by atoms with Crippen LogP contribution in [-0.2, 0) is 36.5 Å². The van der Waals surface area contributed by atoms with E-state index in [9.17, 15) is 28.8 Å². The Morgan fingerprint density at radius 2 is 1.01 bits per heavy atom. The summed E-state index contributed by atoms with van der Waals surface area (Å²) in [7, 11) is 8.01. The molecule has 15 rings (SSSR count). The van der Waals surface area contributed by atoms with Gasteiger partial charge in [-0.2, -0.15) is 0 Å². The highest BCUT2D eigenvalue weighted by Gasteiger charge is 2.52. The molecule has 1 saturated heterocycles. The van der Waals surface area contributed by atoms with Gasteiger partial charge in [0.05, 0.1) is 111 Å². The van der Waals surface area contributed by atoms with Crippen molar-refractivity contribution in [2.24, 2.45) is 0 Å². The number of carbonyl (C=O) groups is 6. The Kier molecular flexibility index (Phi) is 29.2. The molecule has 0 unspecified atom stereocenters. The number of quaternary nitrogens is 1. The molecule has 610 valence electrons. The number of aldehydes is 1. The Bertz CT molecular complexity index is 5240. The summed E-state index contributed by atoms with van der Waals surface area (Å²) in [5.74, 6) is -0.240. The minimum absolute atomic E-state index is 0.0427. The van der Waals surface area contributed by atoms with Gasteiger partial charge in [0, 0.05) is 90.2 Å². The molecule has 7 aliphatic rings. The van der Waals surface area contributed by atoms with Gasteiger partial charge >= 0.3 is 7.12 Å². The number of halogens is 1. The third-order valence-corrected chi connectivity index (χ3v) is 26.4. The smallest absolute Gasteiger partial charge is 0.399 e. The fraction of sp³-hybridized carbons (Fsp3) is 0.304. The first-order valence-corrected chi connectivity index (χ1v) is 43.0. The predicted molar refractivity (Wildman–Crippen MR) is 489 cm³/mol. The molecule has 117 heavy (non-hydrogen) atoms. The average Bonchev–Trinajstić information content (AvgIpc) is 1.62. The number of benzene rings is 6. The van der Waals surface area contributed by atoms with Gasteiger partial charge in [-0.05, 0) is 208 Å². The molecular weight excluding hydrogens is 1590 g/mol. The van der Waals surface area contributed by atoms with Crippen LogP contribution in [0.1, 0.15) is 159 Å². The van der Waals surface area contributed by atoms with Crippen LogP contribution in [0.15, 0.2) is 182 Å². The zero-order valence-electron chi connectivity index (χ0n) is 69.7. The van der Waals surface area contributed by atoms with E-state index >= 15 is 0 Å². The zero-order chi connectivity index (χ0) is 84.0. The molecule has 0 radical (unpaired) electrons. The number of carbonyl (C=O) groups excluding carboxylic acids is 6. The molecule has 0 atom stereocenters. The topological polar surface area (TPSA) is 226 Å². The van der Waals surface area contributed by atoms with Gasteiger partial charge in [-0.1, -0.05) is 164 Å². The number of amides is 5. The maximum absolute atomic E-state index is 13.1. The van der Waals surface area contributed by atoms with E-state index in [2.05, 4.69) is 229 Å². The predicted octanol–water partition coefficient (Wildman–Crippen LogP) is 17.3. The highest BCUT2D eigenvalue weighted by Crippen LogP contribution is 2.45. The quantitative estimate of drug-likeness (QED) is 0.0124. The summed E-state index contributed by atoms with van der Waals surface area (Å²) in [6.07, 6.45) is 10.1. The van der Waals surface area contributed by atoms with E-state index < -0.39 is 0 Å². The van der Waals surface area contributed by atoms with Crippen molar-refractivity contribution < 1.29 is 42.6 Å². The van der Waals surface area contributed by atoms with Crippen LogP contribution in [0.4, 0.5) is 17.1 Å². The van der Waals surface area contributed by atoms with Crippen molar-refractivity contribution in [3.63, 3.8) is 0 Å². The molecule has 0 spiro atoms. The molecule has 1 fully saturated rings. The van der Waals surface area contributed by atoms with Crippen LogP contribution < -0.4 is 32.0 Å². The second kappa shape index (κ2) is 39.0. The van der Waals surface area contributed by atoms with Crippen LogP contribution in [0.25, 0.3) is 41.3 Å². The van der Waals surface area contributed by atoms with E-state index in [0.29, 0.717) is 48.3 Å². The molecule has 9 heterocycles. The molecule has 6 aromatic carbocycles. The van der Waals surface area contributed by atoms with Crippen LogP contribution >= 0.6 is 51.2 Å². The number of thioether (sulfide) groups is 3. The molecule has 0 saturated carbocycles. The maximum atomic E-state index is 13.1. The first-order valence-electron chi connectivity index (χ1n) is 39.6. The molecule has 7 aliphatic heterocycles.